The van der Waals surface area contributed by atoms with E-state index in [2.05, 4.69) is 4.72 Å². The largest absolute Gasteiger partial charge is 0.326 e. The van der Waals surface area contributed by atoms with E-state index in [4.69, 9.17) is 28.9 Å². The van der Waals surface area contributed by atoms with Crippen molar-refractivity contribution in [1.29, 1.82) is 0 Å². The summed E-state index contributed by atoms with van der Waals surface area (Å²) in [6.07, 6.45) is 0. The van der Waals surface area contributed by atoms with Gasteiger partial charge in [-0.25, -0.2) is 13.1 Å². The van der Waals surface area contributed by atoms with Gasteiger partial charge in [-0.15, -0.1) is 0 Å². The summed E-state index contributed by atoms with van der Waals surface area (Å²) in [5, 5.41) is 0.440. The van der Waals surface area contributed by atoms with E-state index >= 15 is 0 Å². The van der Waals surface area contributed by atoms with Gasteiger partial charge in [0, 0.05) is 24.2 Å². The van der Waals surface area contributed by atoms with Gasteiger partial charge in [-0.05, 0) is 38.7 Å². The molecule has 0 spiro atoms. The Labute approximate surface area is 130 Å². The van der Waals surface area contributed by atoms with E-state index in [-0.39, 0.29) is 29.0 Å². The van der Waals surface area contributed by atoms with E-state index < -0.39 is 10.0 Å². The predicted octanol–water partition coefficient (Wildman–Crippen LogP) is 1.68. The molecule has 0 radical (unpaired) electrons. The van der Waals surface area contributed by atoms with Crippen molar-refractivity contribution >= 4 is 33.2 Å². The summed E-state index contributed by atoms with van der Waals surface area (Å²) in [7, 11) is 0.0598. The lowest BCUT2D eigenvalue weighted by atomic mass is 10.2. The molecule has 0 fully saturated rings. The highest BCUT2D eigenvalue weighted by Gasteiger charge is 2.20. The zero-order chi connectivity index (χ0) is 15.5. The molecule has 0 bridgehead atoms. The van der Waals surface area contributed by atoms with Crippen LogP contribution in [0.1, 0.15) is 12.5 Å². The summed E-state index contributed by atoms with van der Waals surface area (Å²) in [6.45, 7) is 2.34. The van der Waals surface area contributed by atoms with Crippen LogP contribution >= 0.6 is 23.2 Å². The van der Waals surface area contributed by atoms with Gasteiger partial charge in [0.1, 0.15) is 4.90 Å². The van der Waals surface area contributed by atoms with Crippen LogP contribution < -0.4 is 10.5 Å². The fraction of sp³-hybridized carbons (Fsp3) is 0.500. The molecule has 0 aliphatic carbocycles. The highest BCUT2D eigenvalue weighted by molar-refractivity contribution is 7.89. The topological polar surface area (TPSA) is 75.4 Å². The highest BCUT2D eigenvalue weighted by atomic mass is 35.5. The van der Waals surface area contributed by atoms with E-state index in [1.807, 2.05) is 25.9 Å². The average molecular weight is 340 g/mol. The maximum atomic E-state index is 12.3. The number of benzene rings is 1. The van der Waals surface area contributed by atoms with Crippen LogP contribution in [0.25, 0.3) is 0 Å². The second kappa shape index (κ2) is 7.06. The Morgan fingerprint density at radius 1 is 1.30 bits per heavy atom. The molecule has 0 saturated carbocycles. The van der Waals surface area contributed by atoms with Crippen molar-refractivity contribution in [1.82, 2.24) is 9.62 Å². The molecule has 1 atom stereocenters. The third-order valence-electron chi connectivity index (χ3n) is 3.06. The van der Waals surface area contributed by atoms with Crippen LogP contribution in [-0.4, -0.2) is 40.0 Å². The number of nitrogens with one attached hydrogen (secondary N) is 1. The lowest BCUT2D eigenvalue weighted by Crippen LogP contribution is -2.38. The molecular weight excluding hydrogens is 321 g/mol. The van der Waals surface area contributed by atoms with E-state index in [1.165, 1.54) is 12.1 Å². The molecule has 0 heterocycles. The van der Waals surface area contributed by atoms with Crippen molar-refractivity contribution in [2.24, 2.45) is 5.73 Å². The number of hydrogen-bond donors (Lipinski definition) is 2. The number of rotatable bonds is 6. The minimum Gasteiger partial charge on any atom is -0.326 e. The SMILES string of the molecule is CC(CNS(=O)(=O)c1cc(CN)c(Cl)cc1Cl)N(C)C. The lowest BCUT2D eigenvalue weighted by molar-refractivity contribution is 0.314. The normalized spacial score (nSPS) is 13.8. The summed E-state index contributed by atoms with van der Waals surface area (Å²) in [5.74, 6) is 0. The van der Waals surface area contributed by atoms with E-state index in [0.717, 1.165) is 0 Å². The lowest BCUT2D eigenvalue weighted by Gasteiger charge is -2.20. The second-order valence-electron chi connectivity index (χ2n) is 4.74. The summed E-state index contributed by atoms with van der Waals surface area (Å²) >= 11 is 11.9. The minimum atomic E-state index is -3.69. The first kappa shape index (κ1) is 17.7. The van der Waals surface area contributed by atoms with Gasteiger partial charge in [0.2, 0.25) is 10.0 Å². The van der Waals surface area contributed by atoms with Crippen LogP contribution in [0, 0.1) is 0 Å². The third-order valence-corrected chi connectivity index (χ3v) is 5.30. The molecule has 1 aromatic carbocycles. The van der Waals surface area contributed by atoms with Gasteiger partial charge >= 0.3 is 0 Å². The molecule has 0 saturated heterocycles. The van der Waals surface area contributed by atoms with Gasteiger partial charge in [0.25, 0.3) is 0 Å². The first-order chi connectivity index (χ1) is 9.19. The molecule has 0 aromatic heterocycles. The summed E-state index contributed by atoms with van der Waals surface area (Å²) in [6, 6.07) is 2.87. The number of nitrogens with zero attached hydrogens (tertiary/aromatic N) is 1. The van der Waals surface area contributed by atoms with Crippen molar-refractivity contribution in [2.45, 2.75) is 24.4 Å². The van der Waals surface area contributed by atoms with Gasteiger partial charge < -0.3 is 10.6 Å². The number of hydrogen-bond acceptors (Lipinski definition) is 4. The zero-order valence-electron chi connectivity index (χ0n) is 11.7. The molecule has 114 valence electrons. The van der Waals surface area contributed by atoms with Crippen LogP contribution in [0.3, 0.4) is 0 Å². The smallest absolute Gasteiger partial charge is 0.242 e. The van der Waals surface area contributed by atoms with Gasteiger partial charge in [0.05, 0.1) is 5.02 Å². The molecule has 8 heteroatoms. The summed E-state index contributed by atoms with van der Waals surface area (Å²) in [5.41, 5.74) is 6.06. The Balaban J connectivity index is 3.04. The fourth-order valence-electron chi connectivity index (χ4n) is 1.42. The molecule has 20 heavy (non-hydrogen) atoms. The summed E-state index contributed by atoms with van der Waals surface area (Å²) < 4.78 is 27.1. The number of likely N-dealkylation sites (N-methyl/N-ethyl adjacent to an activating group) is 1. The highest BCUT2D eigenvalue weighted by Crippen LogP contribution is 2.28. The Morgan fingerprint density at radius 3 is 2.40 bits per heavy atom. The monoisotopic (exact) mass is 339 g/mol. The van der Waals surface area contributed by atoms with Gasteiger partial charge in [-0.3, -0.25) is 0 Å². The number of halogens is 2. The molecular formula is C12H19Cl2N3O2S. The van der Waals surface area contributed by atoms with Crippen molar-refractivity contribution < 1.29 is 8.42 Å². The maximum absolute atomic E-state index is 12.3. The van der Waals surface area contributed by atoms with Gasteiger partial charge in [-0.1, -0.05) is 23.2 Å². The van der Waals surface area contributed by atoms with Crippen LogP contribution in [0.4, 0.5) is 0 Å². The minimum absolute atomic E-state index is 0.00465. The molecule has 3 N–H and O–H groups in total. The Bertz CT molecular complexity index is 576. The molecule has 1 aromatic rings. The van der Waals surface area contributed by atoms with Crippen LogP contribution in [0.15, 0.2) is 17.0 Å². The van der Waals surface area contributed by atoms with Gasteiger partial charge in [-0.2, -0.15) is 0 Å². The van der Waals surface area contributed by atoms with Crippen molar-refractivity contribution in [2.75, 3.05) is 20.6 Å². The second-order valence-corrected chi connectivity index (χ2v) is 7.29. The third kappa shape index (κ3) is 4.31. The first-order valence-electron chi connectivity index (χ1n) is 6.03. The first-order valence-corrected chi connectivity index (χ1v) is 8.27. The number of nitrogens with two attached hydrogens (primary N) is 1. The van der Waals surface area contributed by atoms with Crippen molar-refractivity contribution in [3.05, 3.63) is 27.7 Å². The standard InChI is InChI=1S/C12H19Cl2N3O2S/c1-8(17(2)3)7-16-20(18,19)12-4-9(6-15)10(13)5-11(12)14/h4-5,8,16H,6-7,15H2,1-3H3. The Kier molecular flexibility index (Phi) is 6.25. The van der Waals surface area contributed by atoms with Crippen molar-refractivity contribution in [3.63, 3.8) is 0 Å². The summed E-state index contributed by atoms with van der Waals surface area (Å²) in [4.78, 5) is 1.91. The van der Waals surface area contributed by atoms with Crippen LogP contribution in [0.2, 0.25) is 10.0 Å². The van der Waals surface area contributed by atoms with E-state index in [9.17, 15) is 8.42 Å². The van der Waals surface area contributed by atoms with E-state index in [0.29, 0.717) is 10.6 Å². The zero-order valence-corrected chi connectivity index (χ0v) is 14.0. The van der Waals surface area contributed by atoms with Gasteiger partial charge in [0.15, 0.2) is 0 Å². The molecule has 0 aliphatic rings. The maximum Gasteiger partial charge on any atom is 0.242 e. The predicted molar refractivity (Wildman–Crippen MR) is 82.7 cm³/mol. The molecule has 0 aliphatic heterocycles. The molecule has 5 nitrogen and oxygen atoms in total. The Hall–Kier alpha value is -0.370. The van der Waals surface area contributed by atoms with Crippen LogP contribution in [-0.2, 0) is 16.6 Å². The Morgan fingerprint density at radius 2 is 1.90 bits per heavy atom. The van der Waals surface area contributed by atoms with E-state index in [1.54, 1.807) is 0 Å². The number of sulfonamides is 1. The van der Waals surface area contributed by atoms with Crippen molar-refractivity contribution in [3.8, 4) is 0 Å². The quantitative estimate of drug-likeness (QED) is 0.826. The van der Waals surface area contributed by atoms with Crippen LogP contribution in [0.5, 0.6) is 0 Å². The molecule has 1 unspecified atom stereocenters. The fourth-order valence-corrected chi connectivity index (χ4v) is 3.42. The average Bonchev–Trinajstić information content (AvgIpc) is 2.35. The molecule has 0 amide bonds. The molecule has 1 rings (SSSR count).